The summed E-state index contributed by atoms with van der Waals surface area (Å²) in [4.78, 5) is 0. The molecule has 1 atom stereocenters. The fraction of sp³-hybridized carbons (Fsp3) is 0.667. The molecule has 0 radical (unpaired) electrons. The zero-order chi connectivity index (χ0) is 14.6. The van der Waals surface area contributed by atoms with E-state index in [1.165, 1.54) is 19.3 Å². The maximum atomic E-state index is 5.77. The van der Waals surface area contributed by atoms with Gasteiger partial charge in [-0.05, 0) is 62.7 Å². The van der Waals surface area contributed by atoms with Crippen LogP contribution in [0.3, 0.4) is 0 Å². The van der Waals surface area contributed by atoms with Crippen LogP contribution in [0.2, 0.25) is 0 Å². The molecule has 0 aliphatic heterocycles. The van der Waals surface area contributed by atoms with Crippen LogP contribution in [0.25, 0.3) is 0 Å². The Morgan fingerprint density at radius 1 is 1.15 bits per heavy atom. The number of hydrogen-bond acceptors (Lipinski definition) is 2. The smallest absolute Gasteiger partial charge is 0.119 e. The summed E-state index contributed by atoms with van der Waals surface area (Å²) in [6.45, 7) is 9.96. The topological polar surface area (TPSA) is 21.3 Å². The van der Waals surface area contributed by atoms with Crippen molar-refractivity contribution in [2.75, 3.05) is 19.7 Å². The van der Waals surface area contributed by atoms with E-state index in [1.54, 1.807) is 0 Å². The largest absolute Gasteiger partial charge is 0.494 e. The van der Waals surface area contributed by atoms with E-state index in [0.717, 1.165) is 43.7 Å². The first kappa shape index (κ1) is 17.0. The number of hydrogen-bond donors (Lipinski definition) is 1. The second kappa shape index (κ2) is 10.7. The molecule has 1 aromatic carbocycles. The zero-order valence-corrected chi connectivity index (χ0v) is 13.4. The third-order valence-electron chi connectivity index (χ3n) is 3.43. The van der Waals surface area contributed by atoms with Gasteiger partial charge in [-0.1, -0.05) is 39.0 Å². The van der Waals surface area contributed by atoms with Crippen molar-refractivity contribution in [3.63, 3.8) is 0 Å². The maximum absolute atomic E-state index is 5.77. The third kappa shape index (κ3) is 8.21. The minimum atomic E-state index is 0.776. The Labute approximate surface area is 124 Å². The summed E-state index contributed by atoms with van der Waals surface area (Å²) >= 11 is 0. The predicted octanol–water partition coefficient (Wildman–Crippen LogP) is 4.51. The van der Waals surface area contributed by atoms with Crippen LogP contribution in [-0.4, -0.2) is 19.7 Å². The number of benzene rings is 1. The van der Waals surface area contributed by atoms with Crippen LogP contribution in [0.1, 0.15) is 46.5 Å². The summed E-state index contributed by atoms with van der Waals surface area (Å²) in [5.41, 5.74) is 0. The van der Waals surface area contributed by atoms with Crippen LogP contribution < -0.4 is 10.1 Å². The molecule has 0 saturated carbocycles. The van der Waals surface area contributed by atoms with E-state index >= 15 is 0 Å². The van der Waals surface area contributed by atoms with Gasteiger partial charge in [0.2, 0.25) is 0 Å². The molecule has 0 aromatic heterocycles. The van der Waals surface area contributed by atoms with Crippen LogP contribution in [0.4, 0.5) is 0 Å². The van der Waals surface area contributed by atoms with Crippen molar-refractivity contribution < 1.29 is 4.74 Å². The molecule has 114 valence electrons. The molecule has 0 amide bonds. The van der Waals surface area contributed by atoms with E-state index in [1.807, 2.05) is 30.3 Å². The van der Waals surface area contributed by atoms with E-state index < -0.39 is 0 Å². The fourth-order valence-electron chi connectivity index (χ4n) is 2.53. The van der Waals surface area contributed by atoms with Crippen LogP contribution >= 0.6 is 0 Å². The van der Waals surface area contributed by atoms with Gasteiger partial charge in [-0.2, -0.15) is 0 Å². The molecule has 0 aliphatic carbocycles. The highest BCUT2D eigenvalue weighted by Gasteiger charge is 2.10. The molecule has 2 heteroatoms. The predicted molar refractivity (Wildman–Crippen MR) is 87.3 cm³/mol. The highest BCUT2D eigenvalue weighted by molar-refractivity contribution is 5.20. The Morgan fingerprint density at radius 3 is 2.55 bits per heavy atom. The van der Waals surface area contributed by atoms with Crippen molar-refractivity contribution in [1.82, 2.24) is 5.32 Å². The van der Waals surface area contributed by atoms with E-state index in [4.69, 9.17) is 4.74 Å². The Balaban J connectivity index is 2.19. The summed E-state index contributed by atoms with van der Waals surface area (Å²) in [6, 6.07) is 10.1. The lowest BCUT2D eigenvalue weighted by molar-refractivity contribution is 0.278. The molecule has 2 nitrogen and oxygen atoms in total. The maximum Gasteiger partial charge on any atom is 0.119 e. The molecule has 1 N–H and O–H groups in total. The van der Waals surface area contributed by atoms with Gasteiger partial charge in [0.05, 0.1) is 6.61 Å². The highest BCUT2D eigenvalue weighted by Crippen LogP contribution is 2.17. The SMILES string of the molecule is CCCNCC(CCCOc1ccccc1)CC(C)C. The second-order valence-electron chi connectivity index (χ2n) is 6.00. The number of rotatable bonds is 11. The van der Waals surface area contributed by atoms with Gasteiger partial charge >= 0.3 is 0 Å². The van der Waals surface area contributed by atoms with Gasteiger partial charge in [-0.15, -0.1) is 0 Å². The van der Waals surface area contributed by atoms with Gasteiger partial charge in [-0.25, -0.2) is 0 Å². The van der Waals surface area contributed by atoms with Crippen molar-refractivity contribution in [3.8, 4) is 5.75 Å². The summed E-state index contributed by atoms with van der Waals surface area (Å²) < 4.78 is 5.77. The molecule has 0 bridgehead atoms. The lowest BCUT2D eigenvalue weighted by Gasteiger charge is -2.19. The molecule has 0 saturated heterocycles. The van der Waals surface area contributed by atoms with Gasteiger partial charge in [0.1, 0.15) is 5.75 Å². The van der Waals surface area contributed by atoms with Gasteiger partial charge < -0.3 is 10.1 Å². The van der Waals surface area contributed by atoms with Gasteiger partial charge in [0.25, 0.3) is 0 Å². The van der Waals surface area contributed by atoms with E-state index in [2.05, 4.69) is 26.1 Å². The minimum absolute atomic E-state index is 0.776. The van der Waals surface area contributed by atoms with E-state index in [0.29, 0.717) is 0 Å². The molecule has 0 aliphatic rings. The first-order chi connectivity index (χ1) is 9.72. The van der Waals surface area contributed by atoms with Crippen molar-refractivity contribution >= 4 is 0 Å². The molecule has 1 unspecified atom stereocenters. The Kier molecular flexibility index (Phi) is 9.14. The lowest BCUT2D eigenvalue weighted by Crippen LogP contribution is -2.25. The summed E-state index contributed by atoms with van der Waals surface area (Å²) in [7, 11) is 0. The molecule has 0 fully saturated rings. The number of nitrogens with one attached hydrogen (secondary N) is 1. The lowest BCUT2D eigenvalue weighted by atomic mass is 9.93. The number of ether oxygens (including phenoxy) is 1. The first-order valence-electron chi connectivity index (χ1n) is 8.11. The fourth-order valence-corrected chi connectivity index (χ4v) is 2.53. The summed E-state index contributed by atoms with van der Waals surface area (Å²) in [5.74, 6) is 2.54. The van der Waals surface area contributed by atoms with Crippen LogP contribution in [0.15, 0.2) is 30.3 Å². The molecule has 1 rings (SSSR count). The van der Waals surface area contributed by atoms with Gasteiger partial charge in [0.15, 0.2) is 0 Å². The normalized spacial score (nSPS) is 12.6. The quantitative estimate of drug-likeness (QED) is 0.601. The van der Waals surface area contributed by atoms with Gasteiger partial charge in [0, 0.05) is 0 Å². The highest BCUT2D eigenvalue weighted by atomic mass is 16.5. The second-order valence-corrected chi connectivity index (χ2v) is 6.00. The van der Waals surface area contributed by atoms with Crippen LogP contribution in [0, 0.1) is 11.8 Å². The summed E-state index contributed by atoms with van der Waals surface area (Å²) in [6.07, 6.45) is 4.91. The molecule has 1 aromatic rings. The van der Waals surface area contributed by atoms with Crippen molar-refractivity contribution in [1.29, 1.82) is 0 Å². The third-order valence-corrected chi connectivity index (χ3v) is 3.43. The minimum Gasteiger partial charge on any atom is -0.494 e. The number of para-hydroxylation sites is 1. The molecular weight excluding hydrogens is 246 g/mol. The van der Waals surface area contributed by atoms with E-state index in [-0.39, 0.29) is 0 Å². The van der Waals surface area contributed by atoms with Crippen LogP contribution in [0.5, 0.6) is 5.75 Å². The molecular formula is C18H31NO. The van der Waals surface area contributed by atoms with Crippen molar-refractivity contribution in [2.45, 2.75) is 46.5 Å². The van der Waals surface area contributed by atoms with Gasteiger partial charge in [-0.3, -0.25) is 0 Å². The summed E-state index contributed by atoms with van der Waals surface area (Å²) in [5, 5.41) is 3.56. The first-order valence-corrected chi connectivity index (χ1v) is 8.11. The monoisotopic (exact) mass is 277 g/mol. The molecule has 0 spiro atoms. The Bertz CT molecular complexity index is 323. The van der Waals surface area contributed by atoms with Crippen molar-refractivity contribution in [3.05, 3.63) is 30.3 Å². The standard InChI is InChI=1S/C18H31NO/c1-4-12-19-15-17(14-16(2)3)9-8-13-20-18-10-6-5-7-11-18/h5-7,10-11,16-17,19H,4,8-9,12-15H2,1-3H3. The molecule has 0 heterocycles. The van der Waals surface area contributed by atoms with Crippen LogP contribution in [-0.2, 0) is 0 Å². The van der Waals surface area contributed by atoms with Crippen molar-refractivity contribution in [2.24, 2.45) is 11.8 Å². The Hall–Kier alpha value is -1.02. The average Bonchev–Trinajstić information content (AvgIpc) is 2.44. The average molecular weight is 277 g/mol. The zero-order valence-electron chi connectivity index (χ0n) is 13.4. The molecule has 20 heavy (non-hydrogen) atoms. The Morgan fingerprint density at radius 2 is 1.90 bits per heavy atom. The van der Waals surface area contributed by atoms with E-state index in [9.17, 15) is 0 Å².